The molecule has 0 unspecified atom stereocenters. The molecule has 2 aliphatic rings. The maximum Gasteiger partial charge on any atom is 0.119 e. The van der Waals surface area contributed by atoms with Crippen LogP contribution in [0.3, 0.4) is 0 Å². The zero-order valence-corrected chi connectivity index (χ0v) is 18.3. The zero-order chi connectivity index (χ0) is 19.4. The van der Waals surface area contributed by atoms with Gasteiger partial charge in [-0.3, -0.25) is 0 Å². The Labute approximate surface area is 167 Å². The van der Waals surface area contributed by atoms with Crippen molar-refractivity contribution in [3.05, 3.63) is 24.3 Å². The standard InChI is InChI=1S/C25H41NO/c1-18(2)8-6-9-19(3)22-15-16-23-24(10-7-17-25(22,23)4)26-20-11-13-21(27-5)14-12-20/h11-14,18-19,22-24,26H,6-10,15-17H2,1-5H3/t19-,22-,23+,24+,25-/m1/s1. The molecule has 3 rings (SSSR count). The normalized spacial score (nSPS) is 31.6. The van der Waals surface area contributed by atoms with Gasteiger partial charge in [0.1, 0.15) is 5.75 Å². The molecule has 0 amide bonds. The van der Waals surface area contributed by atoms with E-state index in [9.17, 15) is 0 Å². The topological polar surface area (TPSA) is 21.3 Å². The Morgan fingerprint density at radius 2 is 1.81 bits per heavy atom. The van der Waals surface area contributed by atoms with Crippen LogP contribution in [0.25, 0.3) is 0 Å². The van der Waals surface area contributed by atoms with Crippen LogP contribution in [0.5, 0.6) is 5.75 Å². The molecular formula is C25H41NO. The van der Waals surface area contributed by atoms with Crippen molar-refractivity contribution < 1.29 is 4.74 Å². The number of hydrogen-bond acceptors (Lipinski definition) is 2. The Kier molecular flexibility index (Phi) is 6.76. The van der Waals surface area contributed by atoms with Crippen molar-refractivity contribution in [3.63, 3.8) is 0 Å². The van der Waals surface area contributed by atoms with Crippen molar-refractivity contribution in [2.24, 2.45) is 29.1 Å². The van der Waals surface area contributed by atoms with Crippen molar-refractivity contribution in [3.8, 4) is 5.75 Å². The van der Waals surface area contributed by atoms with Gasteiger partial charge in [0.05, 0.1) is 7.11 Å². The van der Waals surface area contributed by atoms with Crippen LogP contribution in [0.4, 0.5) is 5.69 Å². The number of rotatable bonds is 8. The average molecular weight is 372 g/mol. The Balaban J connectivity index is 1.64. The number of anilines is 1. The summed E-state index contributed by atoms with van der Waals surface area (Å²) in [4.78, 5) is 0. The van der Waals surface area contributed by atoms with Crippen LogP contribution in [0.15, 0.2) is 24.3 Å². The van der Waals surface area contributed by atoms with Crippen molar-refractivity contribution in [1.29, 1.82) is 0 Å². The summed E-state index contributed by atoms with van der Waals surface area (Å²) in [6.45, 7) is 9.87. The van der Waals surface area contributed by atoms with Crippen molar-refractivity contribution >= 4 is 5.69 Å². The quantitative estimate of drug-likeness (QED) is 0.523. The molecule has 0 aromatic heterocycles. The predicted octanol–water partition coefficient (Wildman–Crippen LogP) is 7.15. The highest BCUT2D eigenvalue weighted by Crippen LogP contribution is 2.58. The number of nitrogens with one attached hydrogen (secondary N) is 1. The molecule has 0 saturated heterocycles. The fourth-order valence-electron chi connectivity index (χ4n) is 6.29. The lowest BCUT2D eigenvalue weighted by atomic mass is 9.60. The molecule has 0 aliphatic heterocycles. The van der Waals surface area contributed by atoms with Crippen LogP contribution >= 0.6 is 0 Å². The summed E-state index contributed by atoms with van der Waals surface area (Å²) in [5.74, 6) is 4.39. The number of fused-ring (bicyclic) bond motifs is 1. The number of benzene rings is 1. The van der Waals surface area contributed by atoms with E-state index in [4.69, 9.17) is 4.74 Å². The lowest BCUT2D eigenvalue weighted by Crippen LogP contribution is -2.44. The molecule has 2 aliphatic carbocycles. The van der Waals surface area contributed by atoms with Crippen LogP contribution < -0.4 is 10.1 Å². The van der Waals surface area contributed by atoms with Gasteiger partial charge in [-0.15, -0.1) is 0 Å². The van der Waals surface area contributed by atoms with Gasteiger partial charge in [0.15, 0.2) is 0 Å². The molecule has 2 heteroatoms. The Bertz CT molecular complexity index is 580. The molecule has 1 aromatic rings. The van der Waals surface area contributed by atoms with Gasteiger partial charge < -0.3 is 10.1 Å². The number of methoxy groups -OCH3 is 1. The first kappa shape index (κ1) is 20.6. The molecule has 27 heavy (non-hydrogen) atoms. The van der Waals surface area contributed by atoms with Gasteiger partial charge in [-0.2, -0.15) is 0 Å². The molecule has 152 valence electrons. The molecular weight excluding hydrogens is 330 g/mol. The van der Waals surface area contributed by atoms with Crippen LogP contribution in [0.2, 0.25) is 0 Å². The fourth-order valence-corrected chi connectivity index (χ4v) is 6.29. The lowest BCUT2D eigenvalue weighted by Gasteiger charge is -2.47. The van der Waals surface area contributed by atoms with Crippen molar-refractivity contribution in [2.75, 3.05) is 12.4 Å². The fraction of sp³-hybridized carbons (Fsp3) is 0.760. The van der Waals surface area contributed by atoms with Gasteiger partial charge in [0, 0.05) is 11.7 Å². The summed E-state index contributed by atoms with van der Waals surface area (Å²) in [5, 5.41) is 3.89. The Morgan fingerprint density at radius 1 is 1.07 bits per heavy atom. The minimum absolute atomic E-state index is 0.527. The van der Waals surface area contributed by atoms with Crippen LogP contribution in [0.1, 0.15) is 79.1 Å². The summed E-state index contributed by atoms with van der Waals surface area (Å²) in [6, 6.07) is 9.11. The molecule has 1 N–H and O–H groups in total. The molecule has 1 aromatic carbocycles. The van der Waals surface area contributed by atoms with E-state index >= 15 is 0 Å². The first-order valence-corrected chi connectivity index (χ1v) is 11.3. The van der Waals surface area contributed by atoms with E-state index in [1.807, 2.05) is 0 Å². The highest BCUT2D eigenvalue weighted by molar-refractivity contribution is 5.47. The first-order chi connectivity index (χ1) is 12.9. The van der Waals surface area contributed by atoms with Crippen LogP contribution in [-0.2, 0) is 0 Å². The third kappa shape index (κ3) is 4.63. The van der Waals surface area contributed by atoms with Crippen LogP contribution in [-0.4, -0.2) is 13.2 Å². The van der Waals surface area contributed by atoms with Gasteiger partial charge in [-0.25, -0.2) is 0 Å². The van der Waals surface area contributed by atoms with E-state index < -0.39 is 0 Å². The summed E-state index contributed by atoms with van der Waals surface area (Å²) in [6.07, 6.45) is 11.2. The van der Waals surface area contributed by atoms with Crippen molar-refractivity contribution in [2.45, 2.75) is 85.1 Å². The van der Waals surface area contributed by atoms with Gasteiger partial charge >= 0.3 is 0 Å². The molecule has 0 radical (unpaired) electrons. The van der Waals surface area contributed by atoms with Gasteiger partial charge in [-0.1, -0.05) is 53.4 Å². The summed E-state index contributed by atoms with van der Waals surface area (Å²) < 4.78 is 5.30. The predicted molar refractivity (Wildman–Crippen MR) is 116 cm³/mol. The smallest absolute Gasteiger partial charge is 0.119 e. The first-order valence-electron chi connectivity index (χ1n) is 11.3. The SMILES string of the molecule is COc1ccc(N[C@H]2CCC[C@]3(C)[C@@H]([C@H](C)CCCC(C)C)CC[C@@H]23)cc1. The van der Waals surface area contributed by atoms with E-state index in [1.54, 1.807) is 7.11 Å². The van der Waals surface area contributed by atoms with E-state index in [-0.39, 0.29) is 0 Å². The minimum atomic E-state index is 0.527. The number of hydrogen-bond donors (Lipinski definition) is 1. The summed E-state index contributed by atoms with van der Waals surface area (Å²) in [5.41, 5.74) is 1.78. The molecule has 0 bridgehead atoms. The van der Waals surface area contributed by atoms with E-state index in [2.05, 4.69) is 57.3 Å². The Hall–Kier alpha value is -1.18. The van der Waals surface area contributed by atoms with E-state index in [0.717, 1.165) is 29.4 Å². The van der Waals surface area contributed by atoms with E-state index in [0.29, 0.717) is 11.5 Å². The third-order valence-corrected chi connectivity index (χ3v) is 7.77. The molecule has 5 atom stereocenters. The van der Waals surface area contributed by atoms with Gasteiger partial charge in [0.25, 0.3) is 0 Å². The van der Waals surface area contributed by atoms with Gasteiger partial charge in [-0.05, 0) is 79.0 Å². The molecule has 2 saturated carbocycles. The lowest BCUT2D eigenvalue weighted by molar-refractivity contribution is 0.0584. The van der Waals surface area contributed by atoms with E-state index in [1.165, 1.54) is 57.1 Å². The monoisotopic (exact) mass is 371 g/mol. The maximum atomic E-state index is 5.30. The largest absolute Gasteiger partial charge is 0.497 e. The summed E-state index contributed by atoms with van der Waals surface area (Å²) in [7, 11) is 1.73. The molecule has 2 nitrogen and oxygen atoms in total. The third-order valence-electron chi connectivity index (χ3n) is 7.77. The Morgan fingerprint density at radius 3 is 2.48 bits per heavy atom. The molecule has 0 heterocycles. The van der Waals surface area contributed by atoms with Crippen LogP contribution in [0, 0.1) is 29.1 Å². The maximum absolute atomic E-state index is 5.30. The summed E-state index contributed by atoms with van der Waals surface area (Å²) >= 11 is 0. The number of ether oxygens (including phenoxy) is 1. The second kappa shape index (κ2) is 8.88. The zero-order valence-electron chi connectivity index (χ0n) is 18.3. The molecule has 2 fully saturated rings. The second-order valence-electron chi connectivity index (χ2n) is 9.97. The van der Waals surface area contributed by atoms with Crippen molar-refractivity contribution in [1.82, 2.24) is 0 Å². The second-order valence-corrected chi connectivity index (χ2v) is 9.97. The highest BCUT2D eigenvalue weighted by Gasteiger charge is 2.52. The average Bonchev–Trinajstić information content (AvgIpc) is 3.00. The minimum Gasteiger partial charge on any atom is -0.497 e. The molecule has 0 spiro atoms. The highest BCUT2D eigenvalue weighted by atomic mass is 16.5. The van der Waals surface area contributed by atoms with Gasteiger partial charge in [0.2, 0.25) is 0 Å².